The highest BCUT2D eigenvalue weighted by Gasteiger charge is 2.17. The zero-order valence-corrected chi connectivity index (χ0v) is 21.0. The maximum absolute atomic E-state index is 13.4. The molecule has 0 aliphatic heterocycles. The molecule has 2 N–H and O–H groups in total. The van der Waals surface area contributed by atoms with Gasteiger partial charge in [-0.25, -0.2) is 9.97 Å². The van der Waals surface area contributed by atoms with E-state index in [-0.39, 0.29) is 29.9 Å². The van der Waals surface area contributed by atoms with Crippen molar-refractivity contribution >= 4 is 22.8 Å². The van der Waals surface area contributed by atoms with Gasteiger partial charge in [0.05, 0.1) is 37.7 Å². The number of carbonyl (C=O) groups excluding carboxylic acids is 1. The molecular weight excluding hydrogens is 460 g/mol. The average Bonchev–Trinajstić information content (AvgIpc) is 2.91. The molecule has 0 atom stereocenters. The number of methoxy groups -OCH3 is 1. The Balaban J connectivity index is 1.59. The van der Waals surface area contributed by atoms with Crippen LogP contribution in [0.5, 0.6) is 5.88 Å². The molecule has 0 aromatic carbocycles. The minimum Gasteiger partial charge on any atom is -0.481 e. The van der Waals surface area contributed by atoms with Crippen molar-refractivity contribution in [1.82, 2.24) is 24.8 Å². The van der Waals surface area contributed by atoms with E-state index < -0.39 is 0 Å². The Morgan fingerprint density at radius 2 is 1.97 bits per heavy atom. The molecule has 1 saturated carbocycles. The van der Waals surface area contributed by atoms with Gasteiger partial charge in [0.2, 0.25) is 11.8 Å². The highest BCUT2D eigenvalue weighted by molar-refractivity contribution is 5.82. The van der Waals surface area contributed by atoms with Gasteiger partial charge in [-0.15, -0.1) is 0 Å². The first kappa shape index (κ1) is 25.6. The molecule has 192 valence electrons. The second-order valence-corrected chi connectivity index (χ2v) is 8.93. The topological polar surface area (TPSA) is 120 Å². The van der Waals surface area contributed by atoms with Crippen LogP contribution in [0.2, 0.25) is 0 Å². The van der Waals surface area contributed by atoms with Crippen molar-refractivity contribution in [3.05, 3.63) is 40.9 Å². The molecule has 3 aromatic rings. The summed E-state index contributed by atoms with van der Waals surface area (Å²) in [4.78, 5) is 39.1. The number of nitrogens with zero attached hydrogens (tertiary/aromatic N) is 4. The van der Waals surface area contributed by atoms with Gasteiger partial charge < -0.3 is 24.7 Å². The molecular formula is C26H34N6O4. The van der Waals surface area contributed by atoms with Crippen LogP contribution in [0.25, 0.3) is 22.3 Å². The van der Waals surface area contributed by atoms with Gasteiger partial charge in [-0.05, 0) is 31.4 Å². The maximum atomic E-state index is 13.4. The van der Waals surface area contributed by atoms with Crippen molar-refractivity contribution in [2.24, 2.45) is 0 Å². The molecule has 0 spiro atoms. The van der Waals surface area contributed by atoms with Crippen LogP contribution < -0.4 is 20.9 Å². The standard InChI is InChI=1S/C26H34N6O4/c1-3-12-36-13-11-32-22-14-20(18-9-10-24(35-2)28-15-18)27-16-21(22)31-25(26(32)34)29-17-23(33)30-19-7-5-4-6-8-19/h9-10,14-16,19H,3-8,11-13,17H2,1-2H3,(H,29,31)(H,30,33). The number of aromatic nitrogens is 4. The molecule has 3 aromatic heterocycles. The lowest BCUT2D eigenvalue weighted by Gasteiger charge is -2.22. The fourth-order valence-electron chi connectivity index (χ4n) is 4.38. The molecule has 0 bridgehead atoms. The zero-order valence-electron chi connectivity index (χ0n) is 21.0. The van der Waals surface area contributed by atoms with E-state index >= 15 is 0 Å². The minimum absolute atomic E-state index is 0.0143. The Bertz CT molecular complexity index is 1220. The highest BCUT2D eigenvalue weighted by atomic mass is 16.5. The van der Waals surface area contributed by atoms with Gasteiger partial charge in [0, 0.05) is 37.0 Å². The van der Waals surface area contributed by atoms with Crippen LogP contribution >= 0.6 is 0 Å². The molecule has 1 amide bonds. The number of rotatable bonds is 11. The second kappa shape index (κ2) is 12.4. The number of hydrogen-bond acceptors (Lipinski definition) is 8. The Labute approximate surface area is 210 Å². The molecule has 36 heavy (non-hydrogen) atoms. The van der Waals surface area contributed by atoms with Gasteiger partial charge in [0.1, 0.15) is 5.52 Å². The second-order valence-electron chi connectivity index (χ2n) is 8.93. The van der Waals surface area contributed by atoms with E-state index in [1.54, 1.807) is 30.1 Å². The number of nitrogens with one attached hydrogen (secondary N) is 2. The molecule has 0 radical (unpaired) electrons. The summed E-state index contributed by atoms with van der Waals surface area (Å²) in [6.45, 7) is 3.38. The SMILES string of the molecule is CCCOCCn1c(=O)c(NCC(=O)NC2CCCCC2)nc2cnc(-c3ccc(OC)nc3)cc21. The summed E-state index contributed by atoms with van der Waals surface area (Å²) in [6.07, 6.45) is 9.70. The van der Waals surface area contributed by atoms with Crippen molar-refractivity contribution in [2.75, 3.05) is 32.2 Å². The zero-order chi connectivity index (χ0) is 25.3. The molecule has 0 unspecified atom stereocenters. The van der Waals surface area contributed by atoms with Crippen LogP contribution in [-0.2, 0) is 16.1 Å². The quantitative estimate of drug-likeness (QED) is 0.390. The van der Waals surface area contributed by atoms with E-state index in [9.17, 15) is 9.59 Å². The van der Waals surface area contributed by atoms with E-state index in [1.807, 2.05) is 19.1 Å². The average molecular weight is 495 g/mol. The third-order valence-electron chi connectivity index (χ3n) is 6.27. The smallest absolute Gasteiger partial charge is 0.293 e. The molecule has 3 heterocycles. The fourth-order valence-corrected chi connectivity index (χ4v) is 4.38. The summed E-state index contributed by atoms with van der Waals surface area (Å²) in [5, 5.41) is 6.00. The van der Waals surface area contributed by atoms with Gasteiger partial charge in [0.25, 0.3) is 5.56 Å². The van der Waals surface area contributed by atoms with Gasteiger partial charge in [-0.2, -0.15) is 0 Å². The number of fused-ring (bicyclic) bond motifs is 1. The van der Waals surface area contributed by atoms with Crippen molar-refractivity contribution in [2.45, 2.75) is 58.0 Å². The third kappa shape index (κ3) is 6.37. The summed E-state index contributed by atoms with van der Waals surface area (Å²) in [5.74, 6) is 0.494. The Kier molecular flexibility index (Phi) is 8.83. The van der Waals surface area contributed by atoms with Crippen LogP contribution in [0.4, 0.5) is 5.82 Å². The summed E-state index contributed by atoms with van der Waals surface area (Å²) in [6, 6.07) is 5.66. The molecule has 1 fully saturated rings. The van der Waals surface area contributed by atoms with E-state index in [1.165, 1.54) is 6.42 Å². The van der Waals surface area contributed by atoms with E-state index in [2.05, 4.69) is 25.6 Å². The van der Waals surface area contributed by atoms with Gasteiger partial charge in [-0.3, -0.25) is 14.6 Å². The minimum atomic E-state index is -0.307. The fraction of sp³-hybridized carbons (Fsp3) is 0.500. The van der Waals surface area contributed by atoms with Crippen molar-refractivity contribution < 1.29 is 14.3 Å². The molecule has 0 saturated heterocycles. The maximum Gasteiger partial charge on any atom is 0.293 e. The molecule has 1 aliphatic rings. The first-order valence-corrected chi connectivity index (χ1v) is 12.6. The van der Waals surface area contributed by atoms with Gasteiger partial charge in [-0.1, -0.05) is 26.2 Å². The van der Waals surface area contributed by atoms with Gasteiger partial charge >= 0.3 is 0 Å². The lowest BCUT2D eigenvalue weighted by atomic mass is 9.95. The summed E-state index contributed by atoms with van der Waals surface area (Å²) < 4.78 is 12.4. The molecule has 4 rings (SSSR count). The molecule has 10 nitrogen and oxygen atoms in total. The van der Waals surface area contributed by atoms with Crippen LogP contribution in [0.1, 0.15) is 45.4 Å². The number of pyridine rings is 2. The Hall–Kier alpha value is -3.53. The highest BCUT2D eigenvalue weighted by Crippen LogP contribution is 2.22. The summed E-state index contributed by atoms with van der Waals surface area (Å²) >= 11 is 0. The van der Waals surface area contributed by atoms with E-state index in [0.29, 0.717) is 42.4 Å². The van der Waals surface area contributed by atoms with Crippen LogP contribution in [0, 0.1) is 0 Å². The summed E-state index contributed by atoms with van der Waals surface area (Å²) in [7, 11) is 1.56. The first-order chi connectivity index (χ1) is 17.6. The Morgan fingerprint density at radius 1 is 1.14 bits per heavy atom. The predicted octanol–water partition coefficient (Wildman–Crippen LogP) is 3.15. The van der Waals surface area contributed by atoms with E-state index in [4.69, 9.17) is 9.47 Å². The number of carbonyl (C=O) groups is 1. The van der Waals surface area contributed by atoms with Crippen LogP contribution in [-0.4, -0.2) is 58.3 Å². The first-order valence-electron chi connectivity index (χ1n) is 12.6. The number of anilines is 1. The number of amides is 1. The Morgan fingerprint density at radius 3 is 2.69 bits per heavy atom. The molecule has 10 heteroatoms. The monoisotopic (exact) mass is 494 g/mol. The lowest BCUT2D eigenvalue weighted by molar-refractivity contribution is -0.120. The third-order valence-corrected chi connectivity index (χ3v) is 6.27. The largest absolute Gasteiger partial charge is 0.481 e. The van der Waals surface area contributed by atoms with Crippen LogP contribution in [0.3, 0.4) is 0 Å². The van der Waals surface area contributed by atoms with Crippen molar-refractivity contribution in [1.29, 1.82) is 0 Å². The van der Waals surface area contributed by atoms with Crippen LogP contribution in [0.15, 0.2) is 35.4 Å². The van der Waals surface area contributed by atoms with E-state index in [0.717, 1.165) is 37.7 Å². The summed E-state index contributed by atoms with van der Waals surface area (Å²) in [5.41, 5.74) is 2.33. The number of hydrogen-bond donors (Lipinski definition) is 2. The normalized spacial score (nSPS) is 14.1. The van der Waals surface area contributed by atoms with Crippen molar-refractivity contribution in [3.8, 4) is 17.1 Å². The van der Waals surface area contributed by atoms with Gasteiger partial charge in [0.15, 0.2) is 5.82 Å². The predicted molar refractivity (Wildman–Crippen MR) is 138 cm³/mol. The van der Waals surface area contributed by atoms with Crippen molar-refractivity contribution in [3.63, 3.8) is 0 Å². The number of ether oxygens (including phenoxy) is 2. The lowest BCUT2D eigenvalue weighted by Crippen LogP contribution is -2.40. The molecule has 1 aliphatic carbocycles.